The minimum Gasteiger partial charge on any atom is -0.314 e. The van der Waals surface area contributed by atoms with Crippen molar-refractivity contribution in [2.24, 2.45) is 0 Å². The molecule has 5 rings (SSSR count). The number of fused-ring (bicyclic) bond motifs is 1. The summed E-state index contributed by atoms with van der Waals surface area (Å²) in [6.45, 7) is 1.99. The van der Waals surface area contributed by atoms with Gasteiger partial charge in [-0.2, -0.15) is 0 Å². The molecule has 7 nitrogen and oxygen atoms in total. The third-order valence-corrected chi connectivity index (χ3v) is 5.52. The maximum absolute atomic E-state index is 13.1. The van der Waals surface area contributed by atoms with E-state index in [0.29, 0.717) is 18.2 Å². The van der Waals surface area contributed by atoms with Gasteiger partial charge in [0, 0.05) is 12.3 Å². The lowest BCUT2D eigenvalue weighted by molar-refractivity contribution is 0.253. The highest BCUT2D eigenvalue weighted by atomic mass is 16.2. The van der Waals surface area contributed by atoms with Crippen LogP contribution in [0.4, 0.5) is 10.7 Å². The minimum atomic E-state index is -0.325. The number of para-hydroxylation sites is 1. The summed E-state index contributed by atoms with van der Waals surface area (Å²) in [4.78, 5) is 20.8. The largest absolute Gasteiger partial charge is 0.334 e. The monoisotopic (exact) mass is 422 g/mol. The molecule has 2 aromatic heterocycles. The number of aryl methyl sites for hydroxylation is 1. The van der Waals surface area contributed by atoms with Crippen molar-refractivity contribution in [3.63, 3.8) is 0 Å². The number of aromatic amines is 1. The van der Waals surface area contributed by atoms with Gasteiger partial charge < -0.3 is 4.98 Å². The zero-order valence-corrected chi connectivity index (χ0v) is 17.6. The van der Waals surface area contributed by atoms with Crippen LogP contribution in [-0.2, 0) is 6.42 Å². The molecule has 7 heteroatoms. The zero-order valence-electron chi connectivity index (χ0n) is 17.6. The van der Waals surface area contributed by atoms with Gasteiger partial charge in [0.2, 0.25) is 5.95 Å². The molecule has 0 bridgehead atoms. The van der Waals surface area contributed by atoms with E-state index in [9.17, 15) is 4.79 Å². The molecule has 1 amide bonds. The molecule has 0 aliphatic carbocycles. The van der Waals surface area contributed by atoms with Gasteiger partial charge in [0.25, 0.3) is 0 Å². The van der Waals surface area contributed by atoms with Crippen LogP contribution >= 0.6 is 0 Å². The molecule has 158 valence electrons. The smallest absolute Gasteiger partial charge is 0.314 e. The van der Waals surface area contributed by atoms with Crippen molar-refractivity contribution in [1.29, 1.82) is 0 Å². The Morgan fingerprint density at radius 3 is 2.25 bits per heavy atom. The van der Waals surface area contributed by atoms with Gasteiger partial charge in [-0.15, -0.1) is 10.2 Å². The number of aromatic nitrogens is 5. The number of carbonyl (C=O) groups is 1. The number of hydrogen-bond acceptors (Lipinski definition) is 4. The van der Waals surface area contributed by atoms with E-state index in [1.165, 1.54) is 17.5 Å². The van der Waals surface area contributed by atoms with Crippen LogP contribution in [0.15, 0.2) is 85.2 Å². The maximum Gasteiger partial charge on any atom is 0.334 e. The number of carbonyl (C=O) groups excluding carboxylic acids is 1. The Kier molecular flexibility index (Phi) is 5.21. The van der Waals surface area contributed by atoms with E-state index in [-0.39, 0.29) is 11.9 Å². The number of nitrogens with zero attached hydrogens (tertiary/aromatic N) is 4. The number of imidazole rings is 1. The van der Waals surface area contributed by atoms with Crippen molar-refractivity contribution in [1.82, 2.24) is 24.7 Å². The summed E-state index contributed by atoms with van der Waals surface area (Å²) in [6.07, 6.45) is 2.03. The van der Waals surface area contributed by atoms with Crippen molar-refractivity contribution in [3.8, 4) is 0 Å². The van der Waals surface area contributed by atoms with Gasteiger partial charge in [0.15, 0.2) is 0 Å². The van der Waals surface area contributed by atoms with Crippen LogP contribution in [-0.4, -0.2) is 30.8 Å². The molecule has 0 spiro atoms. The molecule has 0 aliphatic heterocycles. The summed E-state index contributed by atoms with van der Waals surface area (Å²) < 4.78 is 1.62. The number of hydrogen-bond donors (Lipinski definition) is 2. The number of rotatable bonds is 5. The Hall–Kier alpha value is -4.26. The van der Waals surface area contributed by atoms with Gasteiger partial charge >= 0.3 is 6.03 Å². The summed E-state index contributed by atoms with van der Waals surface area (Å²) in [6, 6.07) is 26.4. The van der Waals surface area contributed by atoms with Crippen molar-refractivity contribution in [2.75, 3.05) is 5.32 Å². The van der Waals surface area contributed by atoms with Crippen LogP contribution in [0.25, 0.3) is 11.0 Å². The molecule has 0 saturated heterocycles. The Labute approximate surface area is 185 Å². The Morgan fingerprint density at radius 2 is 1.66 bits per heavy atom. The molecule has 5 aromatic rings. The molecular weight excluding hydrogens is 400 g/mol. The predicted octanol–water partition coefficient (Wildman–Crippen LogP) is 4.98. The highest BCUT2D eigenvalue weighted by Gasteiger charge is 2.24. The van der Waals surface area contributed by atoms with Gasteiger partial charge in [-0.3, -0.25) is 5.32 Å². The van der Waals surface area contributed by atoms with E-state index < -0.39 is 0 Å². The molecule has 3 aromatic carbocycles. The van der Waals surface area contributed by atoms with E-state index >= 15 is 0 Å². The average Bonchev–Trinajstić information content (AvgIpc) is 3.48. The third-order valence-electron chi connectivity index (χ3n) is 5.52. The van der Waals surface area contributed by atoms with Crippen LogP contribution in [0.3, 0.4) is 0 Å². The van der Waals surface area contributed by atoms with E-state index in [0.717, 1.165) is 16.6 Å². The second kappa shape index (κ2) is 8.47. The van der Waals surface area contributed by atoms with Crippen LogP contribution in [0, 0.1) is 0 Å². The van der Waals surface area contributed by atoms with Crippen LogP contribution in [0.1, 0.15) is 35.4 Å². The fourth-order valence-electron chi connectivity index (χ4n) is 4.13. The second-order valence-electron chi connectivity index (χ2n) is 7.45. The normalized spacial score (nSPS) is 11.2. The van der Waals surface area contributed by atoms with Crippen molar-refractivity contribution < 1.29 is 4.79 Å². The van der Waals surface area contributed by atoms with Crippen LogP contribution < -0.4 is 5.32 Å². The SMILES string of the molecule is CCc1nc2c(C(c3ccccc3)c3ccccc3)cccc2n1C(=O)Nc1nnc[nH]1. The first-order chi connectivity index (χ1) is 15.8. The van der Waals surface area contributed by atoms with Gasteiger partial charge in [0.05, 0.1) is 11.0 Å². The molecule has 32 heavy (non-hydrogen) atoms. The second-order valence-corrected chi connectivity index (χ2v) is 7.45. The first kappa shape index (κ1) is 19.7. The number of benzene rings is 3. The minimum absolute atomic E-state index is 0.00788. The lowest BCUT2D eigenvalue weighted by Crippen LogP contribution is -2.22. The lowest BCUT2D eigenvalue weighted by atomic mass is 9.84. The number of H-pyrrole nitrogens is 1. The molecule has 0 saturated carbocycles. The fourth-order valence-corrected chi connectivity index (χ4v) is 4.13. The fraction of sp³-hybridized carbons (Fsp3) is 0.120. The quantitative estimate of drug-likeness (QED) is 0.391. The van der Waals surface area contributed by atoms with Gasteiger partial charge in [-0.25, -0.2) is 14.3 Å². The standard InChI is InChI=1S/C25H22N6O/c1-2-21-28-23-19(22(17-10-5-3-6-11-17)18-12-7-4-8-13-18)14-9-15-20(23)31(21)25(32)29-24-26-16-27-30-24/h3-16,22H,2H2,1H3,(H2,26,27,29,30,32). The molecule has 0 radical (unpaired) electrons. The lowest BCUT2D eigenvalue weighted by Gasteiger charge is -2.19. The molecular formula is C25H22N6O. The maximum atomic E-state index is 13.1. The molecule has 0 aliphatic rings. The van der Waals surface area contributed by atoms with E-state index in [4.69, 9.17) is 4.98 Å². The first-order valence-corrected chi connectivity index (χ1v) is 10.5. The molecule has 0 fully saturated rings. The van der Waals surface area contributed by atoms with Gasteiger partial charge in [-0.05, 0) is 22.8 Å². The highest BCUT2D eigenvalue weighted by Crippen LogP contribution is 2.36. The summed E-state index contributed by atoms with van der Waals surface area (Å²) in [5, 5.41) is 10.3. The topological polar surface area (TPSA) is 88.5 Å². The summed E-state index contributed by atoms with van der Waals surface area (Å²) >= 11 is 0. The van der Waals surface area contributed by atoms with Crippen LogP contribution in [0.2, 0.25) is 0 Å². The average molecular weight is 422 g/mol. The number of amides is 1. The molecule has 0 unspecified atom stereocenters. The van der Waals surface area contributed by atoms with Crippen LogP contribution in [0.5, 0.6) is 0 Å². The van der Waals surface area contributed by atoms with E-state index in [1.807, 2.05) is 55.5 Å². The van der Waals surface area contributed by atoms with Gasteiger partial charge in [-0.1, -0.05) is 79.7 Å². The Bertz CT molecular complexity index is 1300. The molecule has 2 heterocycles. The first-order valence-electron chi connectivity index (χ1n) is 10.5. The number of nitrogens with one attached hydrogen (secondary N) is 2. The summed E-state index contributed by atoms with van der Waals surface area (Å²) in [5.41, 5.74) is 4.97. The molecule has 0 atom stereocenters. The van der Waals surface area contributed by atoms with E-state index in [2.05, 4.69) is 50.8 Å². The number of anilines is 1. The summed E-state index contributed by atoms with van der Waals surface area (Å²) in [7, 11) is 0. The van der Waals surface area contributed by atoms with Crippen molar-refractivity contribution in [3.05, 3.63) is 108 Å². The third kappa shape index (κ3) is 3.54. The molecule has 2 N–H and O–H groups in total. The predicted molar refractivity (Wildman–Crippen MR) is 124 cm³/mol. The zero-order chi connectivity index (χ0) is 21.9. The highest BCUT2D eigenvalue weighted by molar-refractivity contribution is 5.98. The summed E-state index contributed by atoms with van der Waals surface area (Å²) in [5.74, 6) is 0.970. The van der Waals surface area contributed by atoms with Crippen molar-refractivity contribution in [2.45, 2.75) is 19.3 Å². The Balaban J connectivity index is 1.69. The van der Waals surface area contributed by atoms with E-state index in [1.54, 1.807) is 4.57 Å². The Morgan fingerprint density at radius 1 is 0.969 bits per heavy atom. The van der Waals surface area contributed by atoms with Crippen molar-refractivity contribution >= 4 is 23.0 Å². The van der Waals surface area contributed by atoms with Gasteiger partial charge in [0.1, 0.15) is 12.2 Å².